The van der Waals surface area contributed by atoms with Crippen molar-refractivity contribution in [1.29, 1.82) is 0 Å². The van der Waals surface area contributed by atoms with E-state index in [4.69, 9.17) is 10.3 Å². The molecule has 1 heterocycles. The van der Waals surface area contributed by atoms with Crippen LogP contribution in [0.1, 0.15) is 5.56 Å². The second-order valence-corrected chi connectivity index (χ2v) is 4.28. The van der Waals surface area contributed by atoms with E-state index in [9.17, 15) is 9.90 Å². The minimum atomic E-state index is -0.833. The lowest BCUT2D eigenvalue weighted by molar-refractivity contribution is 0.0971. The monoisotopic (exact) mass is 262 g/mol. The molecule has 2 rings (SSSR count). The lowest BCUT2D eigenvalue weighted by Gasteiger charge is -2.15. The van der Waals surface area contributed by atoms with Crippen LogP contribution in [0, 0.1) is 0 Å². The fourth-order valence-electron chi connectivity index (χ4n) is 1.91. The zero-order valence-corrected chi connectivity index (χ0v) is 10.2. The van der Waals surface area contributed by atoms with Gasteiger partial charge in [-0.05, 0) is 11.1 Å². The number of rotatable bonds is 3. The number of hydrogen-bond acceptors (Lipinski definition) is 4. The molecule has 100 valence electrons. The molecule has 0 radical (unpaired) electrons. The Bertz CT molecular complexity index is 487. The molecule has 0 spiro atoms. The number of ether oxygens (including phenoxy) is 1. The Hall–Kier alpha value is -2.24. The summed E-state index contributed by atoms with van der Waals surface area (Å²) in [6.07, 6.45) is -1.35. The molecule has 19 heavy (non-hydrogen) atoms. The molecule has 1 saturated heterocycles. The standard InChI is InChI=1S/C12H14N4O3/c13-15-14-10-6-16(7-11(10)17)12(18)19-8-9-4-2-1-3-5-9/h1-5,10-11,17H,6-8H2/t10-,11?/m0/s1. The first-order valence-corrected chi connectivity index (χ1v) is 5.88. The zero-order chi connectivity index (χ0) is 13.7. The molecule has 1 amide bonds. The Balaban J connectivity index is 1.86. The van der Waals surface area contributed by atoms with Gasteiger partial charge in [-0.1, -0.05) is 35.4 Å². The number of azide groups is 1. The molecular formula is C12H14N4O3. The van der Waals surface area contributed by atoms with Gasteiger partial charge in [-0.3, -0.25) is 0 Å². The predicted octanol–water partition coefficient (Wildman–Crippen LogP) is 1.68. The molecular weight excluding hydrogens is 248 g/mol. The lowest BCUT2D eigenvalue weighted by atomic mass is 10.2. The predicted molar refractivity (Wildman–Crippen MR) is 67.1 cm³/mol. The summed E-state index contributed by atoms with van der Waals surface area (Å²) in [6, 6.07) is 8.71. The van der Waals surface area contributed by atoms with Crippen LogP contribution in [-0.4, -0.2) is 41.3 Å². The van der Waals surface area contributed by atoms with Gasteiger partial charge >= 0.3 is 6.09 Å². The molecule has 7 nitrogen and oxygen atoms in total. The van der Waals surface area contributed by atoms with E-state index in [-0.39, 0.29) is 19.7 Å². The minimum Gasteiger partial charge on any atom is -0.445 e. The van der Waals surface area contributed by atoms with Crippen LogP contribution in [0.2, 0.25) is 0 Å². The average Bonchev–Trinajstić information content (AvgIpc) is 2.79. The molecule has 1 aromatic rings. The Labute approximate surface area is 110 Å². The molecule has 7 heteroatoms. The van der Waals surface area contributed by atoms with Gasteiger partial charge in [0, 0.05) is 11.5 Å². The van der Waals surface area contributed by atoms with Crippen LogP contribution in [-0.2, 0) is 11.3 Å². The van der Waals surface area contributed by atoms with Crippen molar-refractivity contribution in [3.63, 3.8) is 0 Å². The maximum atomic E-state index is 11.8. The van der Waals surface area contributed by atoms with Gasteiger partial charge < -0.3 is 14.7 Å². The SMILES string of the molecule is [N-]=[N+]=N[C@H]1CN(C(=O)OCc2ccccc2)CC1O. The van der Waals surface area contributed by atoms with Crippen molar-refractivity contribution >= 4 is 6.09 Å². The van der Waals surface area contributed by atoms with E-state index in [1.54, 1.807) is 0 Å². The molecule has 0 bridgehead atoms. The molecule has 1 aromatic carbocycles. The maximum absolute atomic E-state index is 11.8. The van der Waals surface area contributed by atoms with Crippen molar-refractivity contribution in [3.8, 4) is 0 Å². The lowest BCUT2D eigenvalue weighted by Crippen LogP contribution is -2.30. The third-order valence-corrected chi connectivity index (χ3v) is 2.92. The number of nitrogens with zero attached hydrogens (tertiary/aromatic N) is 4. The highest BCUT2D eigenvalue weighted by atomic mass is 16.6. The van der Waals surface area contributed by atoms with Gasteiger partial charge in [0.25, 0.3) is 0 Å². The summed E-state index contributed by atoms with van der Waals surface area (Å²) in [6.45, 7) is 0.481. The first-order valence-electron chi connectivity index (χ1n) is 5.88. The molecule has 1 aliphatic rings. The Morgan fingerprint density at radius 2 is 2.21 bits per heavy atom. The maximum Gasteiger partial charge on any atom is 0.410 e. The smallest absolute Gasteiger partial charge is 0.410 e. The van der Waals surface area contributed by atoms with Gasteiger partial charge in [0.15, 0.2) is 0 Å². The summed E-state index contributed by atoms with van der Waals surface area (Å²) in [5.74, 6) is 0. The molecule has 2 atom stereocenters. The molecule has 1 unspecified atom stereocenters. The second-order valence-electron chi connectivity index (χ2n) is 4.28. The van der Waals surface area contributed by atoms with Crippen molar-refractivity contribution in [2.75, 3.05) is 13.1 Å². The van der Waals surface area contributed by atoms with E-state index < -0.39 is 18.2 Å². The number of aliphatic hydroxyl groups excluding tert-OH is 1. The van der Waals surface area contributed by atoms with Crippen LogP contribution < -0.4 is 0 Å². The van der Waals surface area contributed by atoms with Crippen molar-refractivity contribution < 1.29 is 14.6 Å². The van der Waals surface area contributed by atoms with Gasteiger partial charge in [-0.25, -0.2) is 4.79 Å². The Morgan fingerprint density at radius 1 is 1.47 bits per heavy atom. The third-order valence-electron chi connectivity index (χ3n) is 2.92. The molecule has 0 saturated carbocycles. The van der Waals surface area contributed by atoms with Gasteiger partial charge in [0.1, 0.15) is 6.61 Å². The fourth-order valence-corrected chi connectivity index (χ4v) is 1.91. The van der Waals surface area contributed by atoms with Crippen molar-refractivity contribution in [2.24, 2.45) is 5.11 Å². The summed E-state index contributed by atoms with van der Waals surface area (Å²) < 4.78 is 5.13. The topological polar surface area (TPSA) is 98.5 Å². The summed E-state index contributed by atoms with van der Waals surface area (Å²) in [7, 11) is 0. The van der Waals surface area contributed by atoms with Crippen LogP contribution in [0.25, 0.3) is 10.4 Å². The van der Waals surface area contributed by atoms with E-state index in [1.807, 2.05) is 30.3 Å². The summed E-state index contributed by atoms with van der Waals surface area (Å²) in [5, 5.41) is 13.0. The minimum absolute atomic E-state index is 0.122. The first kappa shape index (κ1) is 13.2. The van der Waals surface area contributed by atoms with E-state index >= 15 is 0 Å². The third kappa shape index (κ3) is 3.37. The van der Waals surface area contributed by atoms with E-state index in [0.717, 1.165) is 5.56 Å². The van der Waals surface area contributed by atoms with Crippen LogP contribution in [0.5, 0.6) is 0 Å². The number of hydrogen-bond donors (Lipinski definition) is 1. The highest BCUT2D eigenvalue weighted by molar-refractivity contribution is 5.68. The summed E-state index contributed by atoms with van der Waals surface area (Å²) in [5.41, 5.74) is 9.22. The normalized spacial score (nSPS) is 21.8. The first-order chi connectivity index (χ1) is 9.20. The highest BCUT2D eigenvalue weighted by Crippen LogP contribution is 2.15. The number of carbonyl (C=O) groups excluding carboxylic acids is 1. The largest absolute Gasteiger partial charge is 0.445 e. The number of β-amino-alcohol motifs (C(OH)–C–C–N with tert-alkyl or cyclic N) is 1. The number of benzene rings is 1. The fraction of sp³-hybridized carbons (Fsp3) is 0.417. The zero-order valence-electron chi connectivity index (χ0n) is 10.2. The number of aliphatic hydroxyl groups is 1. The molecule has 0 aromatic heterocycles. The van der Waals surface area contributed by atoms with Gasteiger partial charge in [0.05, 0.1) is 18.7 Å². The van der Waals surface area contributed by atoms with Crippen LogP contribution in [0.15, 0.2) is 35.4 Å². The molecule has 0 aliphatic carbocycles. The summed E-state index contributed by atoms with van der Waals surface area (Å²) in [4.78, 5) is 15.8. The van der Waals surface area contributed by atoms with Crippen LogP contribution in [0.3, 0.4) is 0 Å². The van der Waals surface area contributed by atoms with E-state index in [2.05, 4.69) is 10.0 Å². The van der Waals surface area contributed by atoms with E-state index in [1.165, 1.54) is 4.90 Å². The molecule has 1 fully saturated rings. The van der Waals surface area contributed by atoms with Crippen molar-refractivity contribution in [3.05, 3.63) is 46.3 Å². The van der Waals surface area contributed by atoms with Crippen molar-refractivity contribution in [1.82, 2.24) is 4.90 Å². The van der Waals surface area contributed by atoms with Crippen LogP contribution >= 0.6 is 0 Å². The summed E-state index contributed by atoms with van der Waals surface area (Å²) >= 11 is 0. The van der Waals surface area contributed by atoms with E-state index in [0.29, 0.717) is 0 Å². The highest BCUT2D eigenvalue weighted by Gasteiger charge is 2.34. The van der Waals surface area contributed by atoms with Gasteiger partial charge in [-0.2, -0.15) is 0 Å². The molecule has 1 N–H and O–H groups in total. The quantitative estimate of drug-likeness (QED) is 0.509. The number of likely N-dealkylation sites (tertiary alicyclic amines) is 1. The number of carbonyl (C=O) groups is 1. The average molecular weight is 262 g/mol. The van der Waals surface area contributed by atoms with Gasteiger partial charge in [0.2, 0.25) is 0 Å². The number of amides is 1. The van der Waals surface area contributed by atoms with Crippen LogP contribution in [0.4, 0.5) is 4.79 Å². The van der Waals surface area contributed by atoms with Gasteiger partial charge in [-0.15, -0.1) is 0 Å². The van der Waals surface area contributed by atoms with Crippen molar-refractivity contribution in [2.45, 2.75) is 18.8 Å². The Kier molecular flexibility index (Phi) is 4.22. The Morgan fingerprint density at radius 3 is 2.89 bits per heavy atom. The second kappa shape index (κ2) is 6.08. The molecule has 1 aliphatic heterocycles.